The minimum absolute atomic E-state index is 0.0346. The van der Waals surface area contributed by atoms with Crippen molar-refractivity contribution >= 4 is 60.9 Å². The number of nitrogens with zero attached hydrogens (tertiary/aromatic N) is 2. The van der Waals surface area contributed by atoms with Crippen LogP contribution in [0.2, 0.25) is 5.02 Å². The van der Waals surface area contributed by atoms with Crippen molar-refractivity contribution in [3.05, 3.63) is 92.4 Å². The first kappa shape index (κ1) is 21.0. The van der Waals surface area contributed by atoms with Gasteiger partial charge in [-0.1, -0.05) is 29.8 Å². The predicted octanol–water partition coefficient (Wildman–Crippen LogP) is 5.10. The van der Waals surface area contributed by atoms with E-state index in [1.54, 1.807) is 30.3 Å². The fourth-order valence-electron chi connectivity index (χ4n) is 3.09. The Kier molecular flexibility index (Phi) is 5.65. The van der Waals surface area contributed by atoms with Crippen LogP contribution < -0.4 is 0 Å². The third-order valence-electron chi connectivity index (χ3n) is 4.55. The maximum atomic E-state index is 14.0. The Morgan fingerprint density at radius 1 is 1.10 bits per heavy atom. The number of carbonyl (C=O) groups excluding carboxylic acids is 1. The summed E-state index contributed by atoms with van der Waals surface area (Å²) in [6.45, 7) is 0. The highest BCUT2D eigenvalue weighted by atomic mass is 127. The van der Waals surface area contributed by atoms with Crippen molar-refractivity contribution in [2.45, 2.75) is 11.3 Å². The largest absolute Gasteiger partial charge is 0.294 e. The molecule has 0 atom stereocenters. The third kappa shape index (κ3) is 3.86. The molecule has 3 aromatic carbocycles. The molecule has 0 amide bonds. The maximum absolute atomic E-state index is 14.0. The lowest BCUT2D eigenvalue weighted by Gasteiger charge is -2.08. The van der Waals surface area contributed by atoms with Gasteiger partial charge in [-0.05, 0) is 70.6 Å². The van der Waals surface area contributed by atoms with Crippen LogP contribution in [-0.4, -0.2) is 23.4 Å². The molecule has 0 saturated carbocycles. The van der Waals surface area contributed by atoms with Crippen LogP contribution >= 0.6 is 34.2 Å². The van der Waals surface area contributed by atoms with E-state index < -0.39 is 21.6 Å². The minimum atomic E-state index is -3.91. The van der Waals surface area contributed by atoms with Crippen LogP contribution in [-0.2, 0) is 16.4 Å². The molecule has 0 bridgehead atoms. The lowest BCUT2D eigenvalue weighted by Crippen LogP contribution is -2.14. The average molecular weight is 555 g/mol. The number of carbonyl (C=O) groups is 1. The molecule has 1 aromatic heterocycles. The number of benzene rings is 3. The van der Waals surface area contributed by atoms with E-state index in [4.69, 9.17) is 11.6 Å². The monoisotopic (exact) mass is 554 g/mol. The van der Waals surface area contributed by atoms with Gasteiger partial charge in [0.15, 0.2) is 5.78 Å². The number of ketones is 1. The molecule has 4 rings (SSSR count). The molecule has 0 aliphatic carbocycles. The number of Topliss-reactive ketones (excluding diaryl/α,β-unsaturated/α-hetero) is 1. The van der Waals surface area contributed by atoms with E-state index in [0.29, 0.717) is 16.5 Å². The SMILES string of the molecule is O=C(Cc1ccc2cnn(S(=O)(=O)c3ccc(I)cc3)c2c1)c1c(F)cccc1Cl. The van der Waals surface area contributed by atoms with Crippen molar-refractivity contribution in [1.29, 1.82) is 0 Å². The molecule has 0 radical (unpaired) electrons. The number of hydrogen-bond donors (Lipinski definition) is 0. The molecule has 9 heteroatoms. The lowest BCUT2D eigenvalue weighted by molar-refractivity contribution is 0.0989. The van der Waals surface area contributed by atoms with Gasteiger partial charge in [0.25, 0.3) is 10.0 Å². The smallest absolute Gasteiger partial charge is 0.283 e. The first-order valence-corrected chi connectivity index (χ1v) is 11.6. The fraction of sp³-hybridized carbons (Fsp3) is 0.0476. The molecule has 5 nitrogen and oxygen atoms in total. The van der Waals surface area contributed by atoms with E-state index in [2.05, 4.69) is 27.7 Å². The van der Waals surface area contributed by atoms with Gasteiger partial charge in [0.05, 0.1) is 27.2 Å². The zero-order chi connectivity index (χ0) is 21.5. The van der Waals surface area contributed by atoms with Gasteiger partial charge in [-0.15, -0.1) is 0 Å². The van der Waals surface area contributed by atoms with Gasteiger partial charge in [0.2, 0.25) is 0 Å². The summed E-state index contributed by atoms with van der Waals surface area (Å²) in [5.41, 5.74) is 0.671. The van der Waals surface area contributed by atoms with Gasteiger partial charge in [0, 0.05) is 15.4 Å². The van der Waals surface area contributed by atoms with E-state index in [0.717, 1.165) is 7.66 Å². The Bertz CT molecular complexity index is 1370. The summed E-state index contributed by atoms with van der Waals surface area (Å²) in [4.78, 5) is 12.7. The molecule has 30 heavy (non-hydrogen) atoms. The van der Waals surface area contributed by atoms with E-state index in [1.165, 1.54) is 36.5 Å². The van der Waals surface area contributed by atoms with Crippen LogP contribution in [0, 0.1) is 9.39 Å². The Labute approximate surface area is 190 Å². The lowest BCUT2D eigenvalue weighted by atomic mass is 10.0. The van der Waals surface area contributed by atoms with E-state index in [-0.39, 0.29) is 21.9 Å². The van der Waals surface area contributed by atoms with Crippen molar-refractivity contribution in [2.24, 2.45) is 0 Å². The molecule has 0 aliphatic heterocycles. The maximum Gasteiger partial charge on any atom is 0.283 e. The van der Waals surface area contributed by atoms with Gasteiger partial charge >= 0.3 is 0 Å². The van der Waals surface area contributed by atoms with Crippen molar-refractivity contribution in [1.82, 2.24) is 9.19 Å². The number of fused-ring (bicyclic) bond motifs is 1. The highest BCUT2D eigenvalue weighted by Crippen LogP contribution is 2.25. The molecule has 0 unspecified atom stereocenters. The van der Waals surface area contributed by atoms with E-state index in [9.17, 15) is 17.6 Å². The summed E-state index contributed by atoms with van der Waals surface area (Å²) in [6.07, 6.45) is 1.31. The molecular formula is C21H13ClFIN2O3S. The molecule has 0 aliphatic rings. The van der Waals surface area contributed by atoms with Gasteiger partial charge in [0.1, 0.15) is 5.82 Å². The van der Waals surface area contributed by atoms with Gasteiger partial charge in [-0.3, -0.25) is 4.79 Å². The number of aromatic nitrogens is 2. The van der Waals surface area contributed by atoms with Crippen LogP contribution in [0.3, 0.4) is 0 Å². The summed E-state index contributed by atoms with van der Waals surface area (Å²) in [6, 6.07) is 15.4. The van der Waals surface area contributed by atoms with Crippen LogP contribution in [0.4, 0.5) is 4.39 Å². The Hall–Kier alpha value is -2.30. The van der Waals surface area contributed by atoms with Crippen LogP contribution in [0.15, 0.2) is 71.8 Å². The molecule has 0 N–H and O–H groups in total. The zero-order valence-corrected chi connectivity index (χ0v) is 18.9. The second kappa shape index (κ2) is 8.09. The standard InChI is InChI=1S/C21H13ClFIN2O3S/c22-17-2-1-3-18(23)21(17)20(27)11-13-4-5-14-12-25-26(19(14)10-13)30(28,29)16-8-6-15(24)7-9-16/h1-10,12H,11H2. The van der Waals surface area contributed by atoms with Crippen molar-refractivity contribution in [3.63, 3.8) is 0 Å². The normalized spacial score (nSPS) is 11.7. The fourth-order valence-corrected chi connectivity index (χ4v) is 4.98. The van der Waals surface area contributed by atoms with Crippen LogP contribution in [0.5, 0.6) is 0 Å². The number of hydrogen-bond acceptors (Lipinski definition) is 4. The average Bonchev–Trinajstić information content (AvgIpc) is 3.12. The molecule has 0 saturated heterocycles. The summed E-state index contributed by atoms with van der Waals surface area (Å²) < 4.78 is 41.9. The Morgan fingerprint density at radius 3 is 2.53 bits per heavy atom. The van der Waals surface area contributed by atoms with Crippen LogP contribution in [0.25, 0.3) is 10.9 Å². The van der Waals surface area contributed by atoms with Crippen LogP contribution in [0.1, 0.15) is 15.9 Å². The van der Waals surface area contributed by atoms with Crippen molar-refractivity contribution in [2.75, 3.05) is 0 Å². The van der Waals surface area contributed by atoms with Gasteiger partial charge in [-0.25, -0.2) is 4.39 Å². The molecule has 0 fully saturated rings. The number of rotatable bonds is 5. The molecule has 4 aromatic rings. The highest BCUT2D eigenvalue weighted by Gasteiger charge is 2.21. The summed E-state index contributed by atoms with van der Waals surface area (Å²) in [5, 5.41) is 4.67. The zero-order valence-electron chi connectivity index (χ0n) is 15.2. The van der Waals surface area contributed by atoms with E-state index in [1.807, 2.05) is 0 Å². The molecule has 0 spiro atoms. The highest BCUT2D eigenvalue weighted by molar-refractivity contribution is 14.1. The first-order valence-electron chi connectivity index (χ1n) is 8.72. The topological polar surface area (TPSA) is 69.0 Å². The summed E-state index contributed by atoms with van der Waals surface area (Å²) in [5.74, 6) is -1.19. The Morgan fingerprint density at radius 2 is 1.83 bits per heavy atom. The quantitative estimate of drug-likeness (QED) is 0.254. The summed E-state index contributed by atoms with van der Waals surface area (Å²) in [7, 11) is -3.91. The predicted molar refractivity (Wildman–Crippen MR) is 121 cm³/mol. The molecular weight excluding hydrogens is 542 g/mol. The second-order valence-electron chi connectivity index (χ2n) is 6.54. The van der Waals surface area contributed by atoms with E-state index >= 15 is 0 Å². The van der Waals surface area contributed by atoms with Crippen molar-refractivity contribution in [3.8, 4) is 0 Å². The van der Waals surface area contributed by atoms with Crippen molar-refractivity contribution < 1.29 is 17.6 Å². The van der Waals surface area contributed by atoms with Gasteiger partial charge < -0.3 is 0 Å². The summed E-state index contributed by atoms with van der Waals surface area (Å²) >= 11 is 8.07. The molecule has 1 heterocycles. The number of halogens is 3. The minimum Gasteiger partial charge on any atom is -0.294 e. The van der Waals surface area contributed by atoms with Gasteiger partial charge in [-0.2, -0.15) is 17.6 Å². The second-order valence-corrected chi connectivity index (χ2v) is 9.96. The third-order valence-corrected chi connectivity index (χ3v) is 7.20. The first-order chi connectivity index (χ1) is 14.3. The molecule has 152 valence electrons. The Balaban J connectivity index is 1.73.